The number of rotatable bonds is 2. The summed E-state index contributed by atoms with van der Waals surface area (Å²) in [5.74, 6) is 0. The molecule has 3 rings (SSSR count). The van der Waals surface area contributed by atoms with Crippen LogP contribution in [0, 0.1) is 0 Å². The second kappa shape index (κ2) is 5.35. The van der Waals surface area contributed by atoms with Crippen LogP contribution in [-0.2, 0) is 0 Å². The van der Waals surface area contributed by atoms with Gasteiger partial charge in [-0.2, -0.15) is 0 Å². The Morgan fingerprint density at radius 3 is 2.89 bits per heavy atom. The highest BCUT2D eigenvalue weighted by atomic mass is 35.5. The van der Waals surface area contributed by atoms with E-state index in [1.54, 1.807) is 0 Å². The third-order valence-electron chi connectivity index (χ3n) is 3.87. The molecule has 0 aliphatic heterocycles. The van der Waals surface area contributed by atoms with Crippen molar-refractivity contribution in [2.24, 2.45) is 5.73 Å². The molecule has 0 unspecified atom stereocenters. The van der Waals surface area contributed by atoms with Gasteiger partial charge in [-0.05, 0) is 37.1 Å². The molecule has 3 N–H and O–H groups in total. The van der Waals surface area contributed by atoms with Gasteiger partial charge in [-0.1, -0.05) is 24.4 Å². The van der Waals surface area contributed by atoms with Gasteiger partial charge in [0.15, 0.2) is 0 Å². The number of aromatic nitrogens is 1. The molecule has 0 amide bonds. The predicted molar refractivity (Wildman–Crippen MR) is 80.6 cm³/mol. The van der Waals surface area contributed by atoms with Gasteiger partial charge in [-0.25, -0.2) is 0 Å². The van der Waals surface area contributed by atoms with E-state index in [4.69, 9.17) is 17.3 Å². The molecule has 1 aromatic carbocycles. The SMILES string of the molecule is N[C@H]1CCCC[C@@H]1Nc1ccnc2cc(Cl)ccc12. The third-order valence-corrected chi connectivity index (χ3v) is 4.10. The molecule has 0 radical (unpaired) electrons. The van der Waals surface area contributed by atoms with Crippen LogP contribution in [0.2, 0.25) is 5.02 Å². The van der Waals surface area contributed by atoms with Gasteiger partial charge in [0.25, 0.3) is 0 Å². The Morgan fingerprint density at radius 1 is 1.21 bits per heavy atom. The van der Waals surface area contributed by atoms with Crippen molar-refractivity contribution in [2.75, 3.05) is 5.32 Å². The van der Waals surface area contributed by atoms with Crippen molar-refractivity contribution < 1.29 is 0 Å². The fourth-order valence-electron chi connectivity index (χ4n) is 2.79. The van der Waals surface area contributed by atoms with Crippen molar-refractivity contribution in [3.8, 4) is 0 Å². The summed E-state index contributed by atoms with van der Waals surface area (Å²) in [6.07, 6.45) is 6.55. The topological polar surface area (TPSA) is 50.9 Å². The van der Waals surface area contributed by atoms with Gasteiger partial charge >= 0.3 is 0 Å². The molecule has 19 heavy (non-hydrogen) atoms. The molecular formula is C15H18ClN3. The summed E-state index contributed by atoms with van der Waals surface area (Å²) in [4.78, 5) is 4.36. The molecule has 1 heterocycles. The summed E-state index contributed by atoms with van der Waals surface area (Å²) in [7, 11) is 0. The van der Waals surface area contributed by atoms with Crippen molar-refractivity contribution in [2.45, 2.75) is 37.8 Å². The largest absolute Gasteiger partial charge is 0.380 e. The van der Waals surface area contributed by atoms with E-state index in [0.717, 1.165) is 29.4 Å². The molecule has 100 valence electrons. The highest BCUT2D eigenvalue weighted by Gasteiger charge is 2.21. The average Bonchev–Trinajstić information content (AvgIpc) is 2.41. The fourth-order valence-corrected chi connectivity index (χ4v) is 2.95. The molecule has 2 atom stereocenters. The van der Waals surface area contributed by atoms with Crippen LogP contribution in [0.3, 0.4) is 0 Å². The number of hydrogen-bond donors (Lipinski definition) is 2. The summed E-state index contributed by atoms with van der Waals surface area (Å²) in [5.41, 5.74) is 8.22. The molecule has 1 aliphatic carbocycles. The Bertz CT molecular complexity index is 585. The van der Waals surface area contributed by atoms with E-state index < -0.39 is 0 Å². The van der Waals surface area contributed by atoms with E-state index in [-0.39, 0.29) is 6.04 Å². The third kappa shape index (κ3) is 2.67. The van der Waals surface area contributed by atoms with Gasteiger partial charge in [0, 0.05) is 34.4 Å². The Kier molecular flexibility index (Phi) is 3.58. The van der Waals surface area contributed by atoms with Crippen LogP contribution in [0.5, 0.6) is 0 Å². The minimum atomic E-state index is 0.240. The van der Waals surface area contributed by atoms with E-state index in [1.165, 1.54) is 12.8 Å². The number of halogens is 1. The lowest BCUT2D eigenvalue weighted by molar-refractivity contribution is 0.404. The van der Waals surface area contributed by atoms with Gasteiger partial charge < -0.3 is 11.1 Å². The number of nitrogens with two attached hydrogens (primary N) is 1. The molecular weight excluding hydrogens is 258 g/mol. The zero-order chi connectivity index (χ0) is 13.2. The smallest absolute Gasteiger partial charge is 0.0737 e. The number of nitrogens with zero attached hydrogens (tertiary/aromatic N) is 1. The van der Waals surface area contributed by atoms with Crippen LogP contribution in [0.1, 0.15) is 25.7 Å². The van der Waals surface area contributed by atoms with Gasteiger partial charge in [0.05, 0.1) is 5.52 Å². The van der Waals surface area contributed by atoms with Crippen LogP contribution < -0.4 is 11.1 Å². The summed E-state index contributed by atoms with van der Waals surface area (Å²) >= 11 is 6.01. The lowest BCUT2D eigenvalue weighted by atomic mass is 9.91. The molecule has 0 bridgehead atoms. The number of pyridine rings is 1. The Hall–Kier alpha value is -1.32. The first-order valence-electron chi connectivity index (χ1n) is 6.80. The van der Waals surface area contributed by atoms with Gasteiger partial charge in [0.2, 0.25) is 0 Å². The Balaban J connectivity index is 1.92. The molecule has 4 heteroatoms. The fraction of sp³-hybridized carbons (Fsp3) is 0.400. The van der Waals surface area contributed by atoms with Crippen molar-refractivity contribution in [3.05, 3.63) is 35.5 Å². The molecule has 1 saturated carbocycles. The predicted octanol–water partition coefficient (Wildman–Crippen LogP) is 3.57. The molecule has 0 spiro atoms. The number of nitrogens with one attached hydrogen (secondary N) is 1. The number of hydrogen-bond acceptors (Lipinski definition) is 3. The van der Waals surface area contributed by atoms with Crippen molar-refractivity contribution >= 4 is 28.2 Å². The van der Waals surface area contributed by atoms with Crippen molar-refractivity contribution in [1.29, 1.82) is 0 Å². The zero-order valence-electron chi connectivity index (χ0n) is 10.8. The van der Waals surface area contributed by atoms with E-state index in [9.17, 15) is 0 Å². The zero-order valence-corrected chi connectivity index (χ0v) is 11.5. The lowest BCUT2D eigenvalue weighted by Crippen LogP contribution is -2.42. The second-order valence-electron chi connectivity index (χ2n) is 5.22. The minimum Gasteiger partial charge on any atom is -0.380 e. The number of anilines is 1. The van der Waals surface area contributed by atoms with Gasteiger partial charge in [0.1, 0.15) is 0 Å². The van der Waals surface area contributed by atoms with Crippen molar-refractivity contribution in [1.82, 2.24) is 4.98 Å². The number of benzene rings is 1. The monoisotopic (exact) mass is 275 g/mol. The van der Waals surface area contributed by atoms with Crippen LogP contribution >= 0.6 is 11.6 Å². The minimum absolute atomic E-state index is 0.240. The Labute approximate surface area is 118 Å². The summed E-state index contributed by atoms with van der Waals surface area (Å²) in [5, 5.41) is 5.40. The molecule has 1 fully saturated rings. The Morgan fingerprint density at radius 2 is 2.05 bits per heavy atom. The molecule has 3 nitrogen and oxygen atoms in total. The summed E-state index contributed by atoms with van der Waals surface area (Å²) in [6.45, 7) is 0. The average molecular weight is 276 g/mol. The highest BCUT2D eigenvalue weighted by Crippen LogP contribution is 2.27. The normalized spacial score (nSPS) is 23.5. The maximum atomic E-state index is 6.20. The molecule has 0 saturated heterocycles. The van der Waals surface area contributed by atoms with E-state index in [1.807, 2.05) is 30.5 Å². The summed E-state index contributed by atoms with van der Waals surface area (Å²) in [6, 6.07) is 8.42. The van der Waals surface area contributed by atoms with Crippen LogP contribution in [0.25, 0.3) is 10.9 Å². The molecule has 1 aliphatic rings. The first-order chi connectivity index (χ1) is 9.24. The number of fused-ring (bicyclic) bond motifs is 1. The van der Waals surface area contributed by atoms with Crippen LogP contribution in [0.15, 0.2) is 30.5 Å². The lowest BCUT2D eigenvalue weighted by Gasteiger charge is -2.30. The van der Waals surface area contributed by atoms with Gasteiger partial charge in [-0.3, -0.25) is 4.98 Å². The molecule has 1 aromatic heterocycles. The quantitative estimate of drug-likeness (QED) is 0.881. The second-order valence-corrected chi connectivity index (χ2v) is 5.66. The first kappa shape index (κ1) is 12.7. The first-order valence-corrected chi connectivity index (χ1v) is 7.18. The van der Waals surface area contributed by atoms with E-state index in [2.05, 4.69) is 10.3 Å². The van der Waals surface area contributed by atoms with Crippen LogP contribution in [-0.4, -0.2) is 17.1 Å². The standard InChI is InChI=1S/C15H18ClN3/c16-10-5-6-11-13(7-8-18-15(11)9-10)19-14-4-2-1-3-12(14)17/h5-9,12,14H,1-4,17H2,(H,18,19)/t12-,14-/m0/s1. The summed E-state index contributed by atoms with van der Waals surface area (Å²) < 4.78 is 0. The van der Waals surface area contributed by atoms with Crippen molar-refractivity contribution in [3.63, 3.8) is 0 Å². The maximum absolute atomic E-state index is 6.20. The molecule has 2 aromatic rings. The van der Waals surface area contributed by atoms with Crippen LogP contribution in [0.4, 0.5) is 5.69 Å². The highest BCUT2D eigenvalue weighted by molar-refractivity contribution is 6.31. The van der Waals surface area contributed by atoms with Gasteiger partial charge in [-0.15, -0.1) is 0 Å². The van der Waals surface area contributed by atoms with E-state index >= 15 is 0 Å². The maximum Gasteiger partial charge on any atom is 0.0737 e. The van der Waals surface area contributed by atoms with E-state index in [0.29, 0.717) is 11.1 Å².